The Hall–Kier alpha value is -1.55. The van der Waals surface area contributed by atoms with Crippen LogP contribution < -0.4 is 5.32 Å². The Morgan fingerprint density at radius 2 is 2.31 bits per heavy atom. The van der Waals surface area contributed by atoms with E-state index < -0.39 is 0 Å². The van der Waals surface area contributed by atoms with Gasteiger partial charge in [-0.1, -0.05) is 0 Å². The van der Waals surface area contributed by atoms with E-state index in [2.05, 4.69) is 15.3 Å². The Kier molecular flexibility index (Phi) is 2.29. The first-order valence-corrected chi connectivity index (χ1v) is 5.46. The summed E-state index contributed by atoms with van der Waals surface area (Å²) in [5, 5.41) is 4.16. The van der Waals surface area contributed by atoms with Crippen molar-refractivity contribution >= 4 is 10.9 Å². The molecule has 3 nitrogen and oxygen atoms in total. The van der Waals surface area contributed by atoms with Crippen LogP contribution in [0.25, 0.3) is 10.9 Å². The summed E-state index contributed by atoms with van der Waals surface area (Å²) < 4.78 is 13.1. The smallest absolute Gasteiger partial charge is 0.133 e. The zero-order valence-corrected chi connectivity index (χ0v) is 8.78. The summed E-state index contributed by atoms with van der Waals surface area (Å²) in [7, 11) is 0. The minimum atomic E-state index is -0.248. The second-order valence-corrected chi connectivity index (χ2v) is 4.12. The molecule has 0 amide bonds. The van der Waals surface area contributed by atoms with Crippen molar-refractivity contribution in [3.63, 3.8) is 0 Å². The monoisotopic (exact) mass is 217 g/mol. The summed E-state index contributed by atoms with van der Waals surface area (Å²) in [6, 6.07) is 4.60. The van der Waals surface area contributed by atoms with Gasteiger partial charge >= 0.3 is 0 Å². The molecule has 1 saturated heterocycles. The first-order valence-electron chi connectivity index (χ1n) is 5.46. The number of hydrogen-bond donors (Lipinski definition) is 1. The number of benzene rings is 1. The predicted molar refractivity (Wildman–Crippen MR) is 59.7 cm³/mol. The molecule has 1 N–H and O–H groups in total. The lowest BCUT2D eigenvalue weighted by molar-refractivity contribution is 0.629. The van der Waals surface area contributed by atoms with Crippen molar-refractivity contribution in [1.29, 1.82) is 0 Å². The van der Waals surface area contributed by atoms with Gasteiger partial charge in [-0.05, 0) is 25.1 Å². The van der Waals surface area contributed by atoms with Crippen molar-refractivity contribution in [3.05, 3.63) is 36.0 Å². The van der Waals surface area contributed by atoms with Crippen molar-refractivity contribution in [2.45, 2.75) is 12.3 Å². The molecule has 0 radical (unpaired) electrons. The summed E-state index contributed by atoms with van der Waals surface area (Å²) in [6.07, 6.45) is 2.83. The molecular weight excluding hydrogens is 205 g/mol. The number of halogens is 1. The van der Waals surface area contributed by atoms with E-state index in [-0.39, 0.29) is 5.82 Å². The van der Waals surface area contributed by atoms with E-state index in [0.29, 0.717) is 11.4 Å². The fourth-order valence-electron chi connectivity index (χ4n) is 2.08. The van der Waals surface area contributed by atoms with Gasteiger partial charge in [-0.25, -0.2) is 14.4 Å². The minimum absolute atomic E-state index is 0.248. The van der Waals surface area contributed by atoms with Gasteiger partial charge in [0.2, 0.25) is 0 Å². The first-order chi connectivity index (χ1) is 7.83. The minimum Gasteiger partial charge on any atom is -0.316 e. The molecule has 82 valence electrons. The van der Waals surface area contributed by atoms with Crippen LogP contribution >= 0.6 is 0 Å². The molecule has 1 aromatic carbocycles. The molecule has 1 aromatic heterocycles. The van der Waals surface area contributed by atoms with Crippen LogP contribution in [0, 0.1) is 5.82 Å². The lowest BCUT2D eigenvalue weighted by Crippen LogP contribution is -2.10. The number of fused-ring (bicyclic) bond motifs is 1. The third kappa shape index (κ3) is 1.65. The quantitative estimate of drug-likeness (QED) is 0.792. The summed E-state index contributed by atoms with van der Waals surface area (Å²) in [5.41, 5.74) is 0.692. The van der Waals surface area contributed by atoms with Crippen LogP contribution in [-0.4, -0.2) is 23.1 Å². The maximum atomic E-state index is 13.1. The van der Waals surface area contributed by atoms with E-state index in [9.17, 15) is 4.39 Å². The van der Waals surface area contributed by atoms with Crippen LogP contribution in [0.4, 0.5) is 4.39 Å². The van der Waals surface area contributed by atoms with Gasteiger partial charge in [0, 0.05) is 30.1 Å². The van der Waals surface area contributed by atoms with Gasteiger partial charge in [-0.15, -0.1) is 0 Å². The fourth-order valence-corrected chi connectivity index (χ4v) is 2.08. The molecule has 1 fully saturated rings. The zero-order valence-electron chi connectivity index (χ0n) is 8.78. The molecule has 0 bridgehead atoms. The van der Waals surface area contributed by atoms with Crippen LogP contribution in [0.2, 0.25) is 0 Å². The second-order valence-electron chi connectivity index (χ2n) is 4.12. The van der Waals surface area contributed by atoms with E-state index in [4.69, 9.17) is 0 Å². The average Bonchev–Trinajstić information content (AvgIpc) is 2.81. The van der Waals surface area contributed by atoms with Crippen LogP contribution in [0.5, 0.6) is 0 Å². The molecule has 1 aliphatic rings. The van der Waals surface area contributed by atoms with Crippen molar-refractivity contribution in [1.82, 2.24) is 15.3 Å². The maximum Gasteiger partial charge on any atom is 0.133 e. The molecule has 3 rings (SSSR count). The first kappa shape index (κ1) is 9.66. The van der Waals surface area contributed by atoms with Gasteiger partial charge in [-0.2, -0.15) is 0 Å². The topological polar surface area (TPSA) is 37.8 Å². The van der Waals surface area contributed by atoms with E-state index in [1.807, 2.05) is 0 Å². The Labute approximate surface area is 92.7 Å². The van der Waals surface area contributed by atoms with E-state index in [1.54, 1.807) is 12.3 Å². The van der Waals surface area contributed by atoms with E-state index in [0.717, 1.165) is 30.7 Å². The Morgan fingerprint density at radius 1 is 1.38 bits per heavy atom. The number of rotatable bonds is 1. The Morgan fingerprint density at radius 3 is 3.12 bits per heavy atom. The molecule has 0 aliphatic carbocycles. The zero-order chi connectivity index (χ0) is 11.0. The Bertz CT molecular complexity index is 521. The van der Waals surface area contributed by atoms with Gasteiger partial charge in [0.05, 0.1) is 5.52 Å². The summed E-state index contributed by atoms with van der Waals surface area (Å²) in [4.78, 5) is 8.77. The van der Waals surface area contributed by atoms with Gasteiger partial charge in [0.25, 0.3) is 0 Å². The normalized spacial score (nSPS) is 20.4. The predicted octanol–water partition coefficient (Wildman–Crippen LogP) is 1.85. The van der Waals surface area contributed by atoms with Gasteiger partial charge < -0.3 is 5.32 Å². The largest absolute Gasteiger partial charge is 0.316 e. The SMILES string of the molecule is Fc1ccc2cnc(C3CCNC3)nc2c1. The molecule has 16 heavy (non-hydrogen) atoms. The molecule has 4 heteroatoms. The van der Waals surface area contributed by atoms with Crippen molar-refractivity contribution < 1.29 is 4.39 Å². The molecule has 2 heterocycles. The van der Waals surface area contributed by atoms with E-state index >= 15 is 0 Å². The highest BCUT2D eigenvalue weighted by atomic mass is 19.1. The lowest BCUT2D eigenvalue weighted by atomic mass is 10.1. The van der Waals surface area contributed by atoms with Gasteiger partial charge in [-0.3, -0.25) is 0 Å². The molecule has 1 atom stereocenters. The lowest BCUT2D eigenvalue weighted by Gasteiger charge is -2.07. The van der Waals surface area contributed by atoms with E-state index in [1.165, 1.54) is 12.1 Å². The third-order valence-electron chi connectivity index (χ3n) is 2.99. The highest BCUT2D eigenvalue weighted by Gasteiger charge is 2.19. The molecule has 2 aromatic rings. The van der Waals surface area contributed by atoms with Crippen molar-refractivity contribution in [2.75, 3.05) is 13.1 Å². The maximum absolute atomic E-state index is 13.1. The number of nitrogens with one attached hydrogen (secondary N) is 1. The van der Waals surface area contributed by atoms with Gasteiger partial charge in [0.1, 0.15) is 11.6 Å². The summed E-state index contributed by atoms with van der Waals surface area (Å²) >= 11 is 0. The Balaban J connectivity index is 2.07. The summed E-state index contributed by atoms with van der Waals surface area (Å²) in [5.74, 6) is 0.942. The summed E-state index contributed by atoms with van der Waals surface area (Å²) in [6.45, 7) is 1.93. The standard InChI is InChI=1S/C12H12FN3/c13-10-2-1-8-7-15-12(16-11(8)5-10)9-3-4-14-6-9/h1-2,5,7,9,14H,3-4,6H2. The van der Waals surface area contributed by atoms with Crippen LogP contribution in [-0.2, 0) is 0 Å². The fraction of sp³-hybridized carbons (Fsp3) is 0.333. The second kappa shape index (κ2) is 3.79. The van der Waals surface area contributed by atoms with Crippen molar-refractivity contribution in [2.24, 2.45) is 0 Å². The number of nitrogens with zero attached hydrogens (tertiary/aromatic N) is 2. The van der Waals surface area contributed by atoms with Crippen molar-refractivity contribution in [3.8, 4) is 0 Å². The molecule has 0 saturated carbocycles. The molecule has 0 spiro atoms. The van der Waals surface area contributed by atoms with Crippen LogP contribution in [0.15, 0.2) is 24.4 Å². The molecule has 1 unspecified atom stereocenters. The number of hydrogen-bond acceptors (Lipinski definition) is 3. The van der Waals surface area contributed by atoms with Gasteiger partial charge in [0.15, 0.2) is 0 Å². The highest BCUT2D eigenvalue weighted by Crippen LogP contribution is 2.21. The third-order valence-corrected chi connectivity index (χ3v) is 2.99. The highest BCUT2D eigenvalue weighted by molar-refractivity contribution is 5.77. The van der Waals surface area contributed by atoms with Crippen LogP contribution in [0.3, 0.4) is 0 Å². The average molecular weight is 217 g/mol. The molecular formula is C12H12FN3. The molecule has 1 aliphatic heterocycles. The van der Waals surface area contributed by atoms with Crippen LogP contribution in [0.1, 0.15) is 18.2 Å². The number of aromatic nitrogens is 2.